The van der Waals surface area contributed by atoms with E-state index >= 15 is 0 Å². The number of carbonyl (C=O) groups is 3. The molecule has 0 aliphatic carbocycles. The van der Waals surface area contributed by atoms with Gasteiger partial charge in [-0.05, 0) is 28.1 Å². The second kappa shape index (κ2) is 6.03. The summed E-state index contributed by atoms with van der Waals surface area (Å²) in [5.74, 6) is -1.61. The molecule has 0 radical (unpaired) electrons. The van der Waals surface area contributed by atoms with Gasteiger partial charge in [0.2, 0.25) is 0 Å². The number of rotatable bonds is 3. The maximum absolute atomic E-state index is 12.3. The van der Waals surface area contributed by atoms with Crippen molar-refractivity contribution in [3.63, 3.8) is 0 Å². The average molecular weight is 384 g/mol. The number of aliphatic hydroxyl groups is 1. The van der Waals surface area contributed by atoms with Crippen LogP contribution < -0.4 is 9.80 Å². The van der Waals surface area contributed by atoms with E-state index in [9.17, 15) is 19.5 Å². The molecule has 23 heavy (non-hydrogen) atoms. The summed E-state index contributed by atoms with van der Waals surface area (Å²) in [5, 5.41) is 9.85. The molecule has 1 unspecified atom stereocenters. The zero-order chi connectivity index (χ0) is 16.7. The van der Waals surface area contributed by atoms with Crippen molar-refractivity contribution in [1.82, 2.24) is 0 Å². The lowest BCUT2D eigenvalue weighted by Crippen LogP contribution is -3.16. The minimum Gasteiger partial charge on any atom is -0.465 e. The fourth-order valence-electron chi connectivity index (χ4n) is 3.21. The fraction of sp³-hybridized carbons (Fsp3) is 0.400. The van der Waals surface area contributed by atoms with E-state index in [1.54, 1.807) is 18.2 Å². The quantitative estimate of drug-likeness (QED) is 0.523. The number of carbonyl (C=O) groups excluding carboxylic acids is 3. The highest BCUT2D eigenvalue weighted by atomic mass is 79.9. The number of nitrogens with one attached hydrogen (secondary N) is 1. The molecule has 0 spiro atoms. The van der Waals surface area contributed by atoms with Crippen molar-refractivity contribution in [2.24, 2.45) is 0 Å². The average Bonchev–Trinajstić information content (AvgIpc) is 3.01. The third kappa shape index (κ3) is 2.66. The van der Waals surface area contributed by atoms with Crippen LogP contribution in [-0.4, -0.2) is 55.2 Å². The molecule has 1 aromatic carbocycles. The predicted molar refractivity (Wildman–Crippen MR) is 83.1 cm³/mol. The molecule has 2 heterocycles. The second-order valence-electron chi connectivity index (χ2n) is 5.68. The molecule has 2 aliphatic rings. The number of esters is 1. The van der Waals surface area contributed by atoms with Gasteiger partial charge in [-0.2, -0.15) is 0 Å². The molecule has 1 saturated heterocycles. The first-order chi connectivity index (χ1) is 10.9. The van der Waals surface area contributed by atoms with Crippen LogP contribution >= 0.6 is 15.9 Å². The minimum absolute atomic E-state index is 0.122. The van der Waals surface area contributed by atoms with Crippen molar-refractivity contribution in [1.29, 1.82) is 0 Å². The molecule has 1 aromatic rings. The van der Waals surface area contributed by atoms with Gasteiger partial charge in [-0.1, -0.05) is 6.07 Å². The van der Waals surface area contributed by atoms with Crippen LogP contribution in [0.15, 0.2) is 22.7 Å². The Labute approximate surface area is 140 Å². The summed E-state index contributed by atoms with van der Waals surface area (Å²) < 4.78 is 5.41. The van der Waals surface area contributed by atoms with E-state index in [1.165, 1.54) is 12.0 Å². The van der Waals surface area contributed by atoms with Crippen molar-refractivity contribution in [2.45, 2.75) is 18.6 Å². The van der Waals surface area contributed by atoms with Crippen molar-refractivity contribution in [2.75, 3.05) is 25.2 Å². The number of hydrogen-bond donors (Lipinski definition) is 2. The lowest BCUT2D eigenvalue weighted by atomic mass is 10.1. The lowest BCUT2D eigenvalue weighted by Gasteiger charge is -2.25. The third-order valence-corrected chi connectivity index (χ3v) is 4.93. The lowest BCUT2D eigenvalue weighted by molar-refractivity contribution is -0.903. The number of methoxy groups -OCH3 is 1. The second-order valence-corrected chi connectivity index (χ2v) is 6.54. The van der Waals surface area contributed by atoms with Gasteiger partial charge in [0.15, 0.2) is 12.7 Å². The van der Waals surface area contributed by atoms with Gasteiger partial charge in [0, 0.05) is 10.9 Å². The van der Waals surface area contributed by atoms with Crippen molar-refractivity contribution in [3.8, 4) is 0 Å². The highest BCUT2D eigenvalue weighted by Crippen LogP contribution is 2.35. The van der Waals surface area contributed by atoms with Crippen LogP contribution in [0.5, 0.6) is 0 Å². The molecule has 2 N–H and O–H groups in total. The number of fused-ring (bicyclic) bond motifs is 1. The Morgan fingerprint density at radius 2 is 2.22 bits per heavy atom. The first kappa shape index (κ1) is 16.1. The molecule has 3 rings (SSSR count). The third-order valence-electron chi connectivity index (χ3n) is 4.29. The summed E-state index contributed by atoms with van der Waals surface area (Å²) in [6.07, 6.45) is -0.359. The van der Waals surface area contributed by atoms with E-state index in [4.69, 9.17) is 4.74 Å². The molecule has 2 aliphatic heterocycles. The van der Waals surface area contributed by atoms with Gasteiger partial charge in [-0.3, -0.25) is 14.5 Å². The molecule has 1 fully saturated rings. The van der Waals surface area contributed by atoms with Crippen molar-refractivity contribution >= 4 is 39.3 Å². The monoisotopic (exact) mass is 383 g/mol. The van der Waals surface area contributed by atoms with Crippen LogP contribution in [0.2, 0.25) is 0 Å². The molecule has 0 saturated carbocycles. The number of halogens is 1. The van der Waals surface area contributed by atoms with E-state index in [2.05, 4.69) is 15.9 Å². The van der Waals surface area contributed by atoms with Gasteiger partial charge in [0.1, 0.15) is 12.6 Å². The Hall–Kier alpha value is -1.77. The SMILES string of the molecule is COC(=O)[C@@H]1C[C@@H](O)C[NH+]1CN1C(=O)C(=O)c2cccc(Br)c21. The number of Topliss-reactive ketones (excluding diaryl/α,β-unsaturated/α-hetero) is 1. The molecule has 7 nitrogen and oxygen atoms in total. The van der Waals surface area contributed by atoms with Gasteiger partial charge < -0.3 is 14.7 Å². The maximum atomic E-state index is 12.3. The van der Waals surface area contributed by atoms with E-state index in [-0.39, 0.29) is 13.1 Å². The highest BCUT2D eigenvalue weighted by molar-refractivity contribution is 9.10. The Morgan fingerprint density at radius 1 is 1.48 bits per heavy atom. The number of hydrogen-bond acceptors (Lipinski definition) is 5. The number of aliphatic hydroxyl groups excluding tert-OH is 1. The van der Waals surface area contributed by atoms with E-state index < -0.39 is 29.8 Å². The van der Waals surface area contributed by atoms with Gasteiger partial charge in [-0.15, -0.1) is 0 Å². The molecule has 3 atom stereocenters. The fourth-order valence-corrected chi connectivity index (χ4v) is 3.79. The number of anilines is 1. The van der Waals surface area contributed by atoms with Crippen molar-refractivity contribution < 1.29 is 29.1 Å². The number of benzene rings is 1. The summed E-state index contributed by atoms with van der Waals surface area (Å²) in [7, 11) is 1.29. The molecule has 8 heteroatoms. The summed E-state index contributed by atoms with van der Waals surface area (Å²) in [5.41, 5.74) is 0.859. The highest BCUT2D eigenvalue weighted by Gasteiger charge is 2.45. The first-order valence-corrected chi connectivity index (χ1v) is 7.98. The summed E-state index contributed by atoms with van der Waals surface area (Å²) >= 11 is 3.37. The van der Waals surface area contributed by atoms with Crippen LogP contribution in [0.1, 0.15) is 16.8 Å². The molecule has 122 valence electrons. The van der Waals surface area contributed by atoms with Gasteiger partial charge >= 0.3 is 11.9 Å². The normalized spacial score (nSPS) is 26.6. The van der Waals surface area contributed by atoms with Gasteiger partial charge in [0.25, 0.3) is 5.78 Å². The number of ketones is 1. The van der Waals surface area contributed by atoms with Crippen LogP contribution in [0.25, 0.3) is 0 Å². The summed E-state index contributed by atoms with van der Waals surface area (Å²) in [6, 6.07) is 4.50. The largest absolute Gasteiger partial charge is 0.465 e. The van der Waals surface area contributed by atoms with Crippen LogP contribution in [0.3, 0.4) is 0 Å². The molecule has 0 aromatic heterocycles. The minimum atomic E-state index is -0.638. The smallest absolute Gasteiger partial charge is 0.364 e. The van der Waals surface area contributed by atoms with Crippen LogP contribution in [0.4, 0.5) is 5.69 Å². The summed E-state index contributed by atoms with van der Waals surface area (Å²) in [6.45, 7) is 0.439. The van der Waals surface area contributed by atoms with E-state index in [0.717, 1.165) is 0 Å². The zero-order valence-corrected chi connectivity index (χ0v) is 14.0. The molecular weight excluding hydrogens is 368 g/mol. The molecule has 1 amide bonds. The summed E-state index contributed by atoms with van der Waals surface area (Å²) in [4.78, 5) is 38.3. The molecular formula is C15H16BrN2O5+. The number of nitrogens with zero attached hydrogens (tertiary/aromatic N) is 1. The Kier molecular flexibility index (Phi) is 4.22. The van der Waals surface area contributed by atoms with E-state index in [0.29, 0.717) is 27.2 Å². The van der Waals surface area contributed by atoms with Gasteiger partial charge in [-0.25, -0.2) is 4.79 Å². The Bertz CT molecular complexity index is 692. The van der Waals surface area contributed by atoms with Crippen LogP contribution in [0, 0.1) is 0 Å². The molecule has 0 bridgehead atoms. The first-order valence-electron chi connectivity index (χ1n) is 7.19. The van der Waals surface area contributed by atoms with E-state index in [1.807, 2.05) is 0 Å². The number of quaternary nitrogens is 1. The topological polar surface area (TPSA) is 88.3 Å². The number of amides is 1. The standard InChI is InChI=1S/C15H15BrN2O5/c1-23-15(22)11-5-8(19)6-17(11)7-18-12-9(13(20)14(18)21)3-2-4-10(12)16/h2-4,8,11,19H,5-7H2,1H3/p+1/t8-,11+/m1/s1. The number of likely N-dealkylation sites (tertiary alicyclic amines) is 1. The van der Waals surface area contributed by atoms with Gasteiger partial charge in [0.05, 0.1) is 18.4 Å². The Morgan fingerprint density at radius 3 is 2.91 bits per heavy atom. The Balaban J connectivity index is 1.90. The van der Waals surface area contributed by atoms with Crippen LogP contribution in [-0.2, 0) is 14.3 Å². The zero-order valence-electron chi connectivity index (χ0n) is 12.4. The predicted octanol–water partition coefficient (Wildman–Crippen LogP) is -0.873. The number of ether oxygens (including phenoxy) is 1. The maximum Gasteiger partial charge on any atom is 0.364 e. The number of para-hydroxylation sites is 1. The van der Waals surface area contributed by atoms with Crippen molar-refractivity contribution in [3.05, 3.63) is 28.2 Å².